The molecular formula is C29H39N9O2. The highest BCUT2D eigenvalue weighted by molar-refractivity contribution is 5.78. The molecule has 5 N–H and O–H groups in total. The van der Waals surface area contributed by atoms with Crippen LogP contribution in [0, 0.1) is 0 Å². The Morgan fingerprint density at radius 3 is 2.75 bits per heavy atom. The zero-order chi connectivity index (χ0) is 27.6. The van der Waals surface area contributed by atoms with Crippen LogP contribution in [0.25, 0.3) is 11.1 Å². The van der Waals surface area contributed by atoms with E-state index in [0.717, 1.165) is 61.7 Å². The highest BCUT2D eigenvalue weighted by Gasteiger charge is 2.28. The molecule has 8 bridgehead atoms. The maximum atomic E-state index is 12.7. The van der Waals surface area contributed by atoms with E-state index in [0.29, 0.717) is 45.3 Å². The third-order valence-corrected chi connectivity index (χ3v) is 7.15. The smallest absolute Gasteiger partial charge is 0.234 e. The summed E-state index contributed by atoms with van der Waals surface area (Å²) in [4.78, 5) is 30.8. The molecule has 1 amide bonds. The SMILES string of the molecule is NCCCOCC1CN2CCN1Cc1cccc(c1)Nc1cc(ccn1)-c1cnc(nc1)NCCCNC(=O)C2. The second-order valence-corrected chi connectivity index (χ2v) is 10.3. The molecule has 0 radical (unpaired) electrons. The van der Waals surface area contributed by atoms with Gasteiger partial charge in [0.25, 0.3) is 0 Å². The molecule has 0 saturated carbocycles. The van der Waals surface area contributed by atoms with Gasteiger partial charge in [0.1, 0.15) is 5.82 Å². The van der Waals surface area contributed by atoms with E-state index in [-0.39, 0.29) is 11.9 Å². The van der Waals surface area contributed by atoms with Gasteiger partial charge in [-0.15, -0.1) is 0 Å². The van der Waals surface area contributed by atoms with Crippen LogP contribution in [0.3, 0.4) is 0 Å². The average molecular weight is 546 g/mol. The second-order valence-electron chi connectivity index (χ2n) is 10.3. The van der Waals surface area contributed by atoms with Crippen LogP contribution in [0.2, 0.25) is 0 Å². The van der Waals surface area contributed by atoms with Crippen LogP contribution >= 0.6 is 0 Å². The van der Waals surface area contributed by atoms with Crippen molar-refractivity contribution in [3.05, 3.63) is 60.6 Å². The molecule has 3 atom stereocenters. The molecule has 5 aliphatic rings. The molecule has 8 rings (SSSR count). The van der Waals surface area contributed by atoms with Crippen LogP contribution in [0.4, 0.5) is 17.5 Å². The van der Waals surface area contributed by atoms with Crippen LogP contribution in [0.1, 0.15) is 18.4 Å². The number of anilines is 3. The quantitative estimate of drug-likeness (QED) is 0.353. The van der Waals surface area contributed by atoms with Gasteiger partial charge in [-0.2, -0.15) is 0 Å². The largest absolute Gasteiger partial charge is 0.380 e. The van der Waals surface area contributed by atoms with Gasteiger partial charge in [-0.25, -0.2) is 15.0 Å². The number of amides is 1. The summed E-state index contributed by atoms with van der Waals surface area (Å²) in [6.07, 6.45) is 7.02. The summed E-state index contributed by atoms with van der Waals surface area (Å²) >= 11 is 0. The zero-order valence-corrected chi connectivity index (χ0v) is 22.9. The summed E-state index contributed by atoms with van der Waals surface area (Å²) in [5.74, 6) is 1.37. The Morgan fingerprint density at radius 1 is 1.00 bits per heavy atom. The van der Waals surface area contributed by atoms with E-state index in [1.165, 1.54) is 5.56 Å². The fourth-order valence-electron chi connectivity index (χ4n) is 5.02. The lowest BCUT2D eigenvalue weighted by atomic mass is 10.1. The predicted octanol–water partition coefficient (Wildman–Crippen LogP) is 2.07. The van der Waals surface area contributed by atoms with Crippen LogP contribution in [-0.4, -0.2) is 95.7 Å². The topological polar surface area (TPSA) is 134 Å². The van der Waals surface area contributed by atoms with Crippen LogP contribution in [-0.2, 0) is 16.1 Å². The molecule has 2 aromatic heterocycles. The van der Waals surface area contributed by atoms with E-state index in [9.17, 15) is 4.79 Å². The van der Waals surface area contributed by atoms with Gasteiger partial charge in [0, 0.05) is 81.8 Å². The van der Waals surface area contributed by atoms with Crippen molar-refractivity contribution in [1.29, 1.82) is 0 Å². The number of hydrogen-bond acceptors (Lipinski definition) is 10. The molecule has 1 aromatic carbocycles. The van der Waals surface area contributed by atoms with E-state index in [1.54, 1.807) is 18.6 Å². The minimum atomic E-state index is 0.0457. The molecular weight excluding hydrogens is 506 g/mol. The molecule has 11 nitrogen and oxygen atoms in total. The minimum absolute atomic E-state index is 0.0457. The zero-order valence-electron chi connectivity index (χ0n) is 22.9. The first-order chi connectivity index (χ1) is 19.7. The number of hydrogen-bond donors (Lipinski definition) is 4. The molecule has 1 fully saturated rings. The van der Waals surface area contributed by atoms with Gasteiger partial charge in [0.05, 0.1) is 13.2 Å². The number of nitrogens with zero attached hydrogens (tertiary/aromatic N) is 5. The van der Waals surface area contributed by atoms with E-state index in [1.807, 2.05) is 18.2 Å². The lowest BCUT2D eigenvalue weighted by Gasteiger charge is -2.41. The molecule has 3 aromatic rings. The van der Waals surface area contributed by atoms with Gasteiger partial charge in [-0.3, -0.25) is 14.6 Å². The molecule has 40 heavy (non-hydrogen) atoms. The monoisotopic (exact) mass is 545 g/mol. The Morgan fingerprint density at radius 2 is 1.88 bits per heavy atom. The number of carbonyl (C=O) groups is 1. The molecule has 1 saturated heterocycles. The molecule has 11 heteroatoms. The van der Waals surface area contributed by atoms with Crippen LogP contribution in [0.15, 0.2) is 55.0 Å². The standard InChI is InChI=1S/C29H39N9O2/c30-7-2-13-40-21-26-19-37-11-12-38(26)18-22-4-1-5-25(14-22)36-27-15-23(6-10-31-27)24-16-34-29(35-17-24)33-9-3-8-32-28(39)20-37/h1,4-6,10,14-17,26H,2-3,7-9,11-13,18-21,30H2,(H,31,36)(H,32,39)(H,33,34,35). The Bertz CT molecular complexity index is 1240. The Hall–Kier alpha value is -3.64. The first kappa shape index (κ1) is 27.9. The summed E-state index contributed by atoms with van der Waals surface area (Å²) in [6, 6.07) is 12.6. The highest BCUT2D eigenvalue weighted by Crippen LogP contribution is 2.24. The number of rotatable bonds is 5. The lowest BCUT2D eigenvalue weighted by molar-refractivity contribution is -0.123. The lowest BCUT2D eigenvalue weighted by Crippen LogP contribution is -2.56. The highest BCUT2D eigenvalue weighted by atomic mass is 16.5. The Labute approximate surface area is 235 Å². The molecule has 7 heterocycles. The minimum Gasteiger partial charge on any atom is -0.380 e. The average Bonchev–Trinajstić information content (AvgIpc) is 2.97. The number of ether oxygens (including phenoxy) is 1. The van der Waals surface area contributed by atoms with Crippen molar-refractivity contribution in [1.82, 2.24) is 30.1 Å². The summed E-state index contributed by atoms with van der Waals surface area (Å²) in [7, 11) is 0. The van der Waals surface area contributed by atoms with Gasteiger partial charge < -0.3 is 26.4 Å². The molecule has 5 aliphatic heterocycles. The van der Waals surface area contributed by atoms with Gasteiger partial charge in [-0.05, 0) is 54.8 Å². The van der Waals surface area contributed by atoms with Gasteiger partial charge in [0.2, 0.25) is 11.9 Å². The van der Waals surface area contributed by atoms with Crippen molar-refractivity contribution in [3.63, 3.8) is 0 Å². The van der Waals surface area contributed by atoms with Gasteiger partial charge >= 0.3 is 0 Å². The number of carbonyl (C=O) groups excluding carboxylic acids is 1. The van der Waals surface area contributed by atoms with E-state index in [4.69, 9.17) is 10.5 Å². The third-order valence-electron chi connectivity index (χ3n) is 7.15. The fraction of sp³-hybridized carbons (Fsp3) is 0.448. The third kappa shape index (κ3) is 7.95. The van der Waals surface area contributed by atoms with Crippen molar-refractivity contribution in [2.75, 3.05) is 69.7 Å². The number of pyridine rings is 1. The number of nitrogens with two attached hydrogens (primary N) is 1. The maximum absolute atomic E-state index is 12.7. The number of nitrogens with one attached hydrogen (secondary N) is 3. The summed E-state index contributed by atoms with van der Waals surface area (Å²) in [5, 5.41) is 9.74. The number of aromatic nitrogens is 3. The molecule has 212 valence electrons. The van der Waals surface area contributed by atoms with E-state index < -0.39 is 0 Å². The number of benzene rings is 1. The van der Waals surface area contributed by atoms with Gasteiger partial charge in [0.15, 0.2) is 0 Å². The Kier molecular flexibility index (Phi) is 9.86. The van der Waals surface area contributed by atoms with Crippen LogP contribution in [0.5, 0.6) is 0 Å². The molecule has 3 unspecified atom stereocenters. The molecule has 0 aliphatic carbocycles. The fourth-order valence-corrected chi connectivity index (χ4v) is 5.02. The Balaban J connectivity index is 1.36. The summed E-state index contributed by atoms with van der Waals surface area (Å²) in [5.41, 5.74) is 9.73. The first-order valence-electron chi connectivity index (χ1n) is 14.1. The summed E-state index contributed by atoms with van der Waals surface area (Å²) < 4.78 is 5.99. The van der Waals surface area contributed by atoms with Crippen LogP contribution < -0.4 is 21.7 Å². The summed E-state index contributed by atoms with van der Waals surface area (Å²) in [6.45, 7) is 6.79. The van der Waals surface area contributed by atoms with Crippen molar-refractivity contribution in [2.24, 2.45) is 5.73 Å². The number of piperazine rings is 1. The maximum Gasteiger partial charge on any atom is 0.234 e. The predicted molar refractivity (Wildman–Crippen MR) is 156 cm³/mol. The van der Waals surface area contributed by atoms with E-state index in [2.05, 4.69) is 58.9 Å². The normalized spacial score (nSPS) is 21.7. The van der Waals surface area contributed by atoms with Crippen molar-refractivity contribution in [3.8, 4) is 11.1 Å². The molecule has 0 spiro atoms. The van der Waals surface area contributed by atoms with Crippen molar-refractivity contribution in [2.45, 2.75) is 25.4 Å². The van der Waals surface area contributed by atoms with Gasteiger partial charge in [-0.1, -0.05) is 12.1 Å². The van der Waals surface area contributed by atoms with E-state index >= 15 is 0 Å². The second kappa shape index (κ2) is 14.1. The van der Waals surface area contributed by atoms with Crippen molar-refractivity contribution < 1.29 is 9.53 Å². The van der Waals surface area contributed by atoms with Crippen molar-refractivity contribution >= 4 is 23.4 Å². The first-order valence-corrected chi connectivity index (χ1v) is 14.1.